The zero-order valence-electron chi connectivity index (χ0n) is 10.1. The number of anilines is 2. The number of benzene rings is 1. The van der Waals surface area contributed by atoms with Gasteiger partial charge in [-0.3, -0.25) is 0 Å². The van der Waals surface area contributed by atoms with Crippen molar-refractivity contribution in [2.75, 3.05) is 44.1 Å². The summed E-state index contributed by atoms with van der Waals surface area (Å²) in [5, 5.41) is 3.46. The third kappa shape index (κ3) is 2.47. The molecule has 88 valence electrons. The van der Waals surface area contributed by atoms with E-state index in [1.807, 2.05) is 0 Å². The first-order chi connectivity index (χ1) is 7.81. The standard InChI is InChI=1S/C13H20N2O/c1-15(8-9-16-2)12-6-5-11-4-3-7-14-13(11)10-12/h5-6,10,14H,3-4,7-9H2,1-2H3. The Bertz CT molecular complexity index is 352. The first-order valence-electron chi connectivity index (χ1n) is 5.88. The van der Waals surface area contributed by atoms with E-state index in [0.717, 1.165) is 19.7 Å². The number of aryl methyl sites for hydroxylation is 1. The van der Waals surface area contributed by atoms with Crippen molar-refractivity contribution in [3.63, 3.8) is 0 Å². The third-order valence-corrected chi connectivity index (χ3v) is 3.10. The molecule has 0 aromatic heterocycles. The van der Waals surface area contributed by atoms with Crippen molar-refractivity contribution in [3.8, 4) is 0 Å². The molecule has 0 bridgehead atoms. The molecule has 1 heterocycles. The van der Waals surface area contributed by atoms with Crippen molar-refractivity contribution in [3.05, 3.63) is 23.8 Å². The summed E-state index contributed by atoms with van der Waals surface area (Å²) in [5.74, 6) is 0. The monoisotopic (exact) mass is 220 g/mol. The van der Waals surface area contributed by atoms with Crippen LogP contribution in [0, 0.1) is 0 Å². The first kappa shape index (κ1) is 11.3. The van der Waals surface area contributed by atoms with Crippen LogP contribution in [0.5, 0.6) is 0 Å². The fourth-order valence-electron chi connectivity index (χ4n) is 2.04. The van der Waals surface area contributed by atoms with E-state index in [1.54, 1.807) is 7.11 Å². The van der Waals surface area contributed by atoms with Gasteiger partial charge in [-0.05, 0) is 30.5 Å². The van der Waals surface area contributed by atoms with E-state index in [1.165, 1.54) is 29.8 Å². The average molecular weight is 220 g/mol. The molecule has 0 unspecified atom stereocenters. The molecule has 1 aliphatic heterocycles. The van der Waals surface area contributed by atoms with Crippen LogP contribution in [-0.4, -0.2) is 33.9 Å². The molecule has 1 aliphatic rings. The number of hydrogen-bond acceptors (Lipinski definition) is 3. The van der Waals surface area contributed by atoms with Crippen LogP contribution in [0.2, 0.25) is 0 Å². The lowest BCUT2D eigenvalue weighted by Gasteiger charge is -2.23. The van der Waals surface area contributed by atoms with Crippen LogP contribution in [-0.2, 0) is 11.2 Å². The molecule has 16 heavy (non-hydrogen) atoms. The minimum absolute atomic E-state index is 0.765. The van der Waals surface area contributed by atoms with E-state index in [-0.39, 0.29) is 0 Å². The average Bonchev–Trinajstić information content (AvgIpc) is 2.35. The van der Waals surface area contributed by atoms with Gasteiger partial charge in [0.2, 0.25) is 0 Å². The van der Waals surface area contributed by atoms with E-state index >= 15 is 0 Å². The normalized spacial score (nSPS) is 14.1. The van der Waals surface area contributed by atoms with Gasteiger partial charge in [-0.15, -0.1) is 0 Å². The Morgan fingerprint density at radius 3 is 3.12 bits per heavy atom. The predicted octanol–water partition coefficient (Wildman–Crippen LogP) is 2.13. The summed E-state index contributed by atoms with van der Waals surface area (Å²) in [7, 11) is 3.84. The van der Waals surface area contributed by atoms with Gasteiger partial charge in [0.1, 0.15) is 0 Å². The van der Waals surface area contributed by atoms with Crippen molar-refractivity contribution in [2.45, 2.75) is 12.8 Å². The van der Waals surface area contributed by atoms with Gasteiger partial charge in [0.25, 0.3) is 0 Å². The largest absolute Gasteiger partial charge is 0.385 e. The highest BCUT2D eigenvalue weighted by atomic mass is 16.5. The maximum atomic E-state index is 5.09. The summed E-state index contributed by atoms with van der Waals surface area (Å²) in [6, 6.07) is 6.67. The Hall–Kier alpha value is -1.22. The topological polar surface area (TPSA) is 24.5 Å². The summed E-state index contributed by atoms with van der Waals surface area (Å²) in [4.78, 5) is 2.22. The predicted molar refractivity (Wildman–Crippen MR) is 68.4 cm³/mol. The van der Waals surface area contributed by atoms with Crippen LogP contribution in [0.25, 0.3) is 0 Å². The summed E-state index contributed by atoms with van der Waals surface area (Å²) < 4.78 is 5.09. The molecule has 0 saturated heterocycles. The number of hydrogen-bond donors (Lipinski definition) is 1. The van der Waals surface area contributed by atoms with Crippen LogP contribution in [0.3, 0.4) is 0 Å². The molecule has 0 saturated carbocycles. The maximum absolute atomic E-state index is 5.09. The van der Waals surface area contributed by atoms with Gasteiger partial charge in [-0.1, -0.05) is 6.07 Å². The van der Waals surface area contributed by atoms with Crippen molar-refractivity contribution < 1.29 is 4.74 Å². The molecule has 0 radical (unpaired) electrons. The van der Waals surface area contributed by atoms with Crippen molar-refractivity contribution in [2.24, 2.45) is 0 Å². The molecule has 0 fully saturated rings. The van der Waals surface area contributed by atoms with Gasteiger partial charge in [-0.25, -0.2) is 0 Å². The number of likely N-dealkylation sites (N-methyl/N-ethyl adjacent to an activating group) is 1. The van der Waals surface area contributed by atoms with E-state index in [0.29, 0.717) is 0 Å². The minimum atomic E-state index is 0.765. The molecule has 3 nitrogen and oxygen atoms in total. The zero-order valence-corrected chi connectivity index (χ0v) is 10.1. The summed E-state index contributed by atoms with van der Waals surface area (Å²) in [6.45, 7) is 2.79. The second-order valence-corrected chi connectivity index (χ2v) is 4.29. The molecule has 1 aromatic carbocycles. The van der Waals surface area contributed by atoms with Gasteiger partial charge in [0.05, 0.1) is 6.61 Å². The van der Waals surface area contributed by atoms with E-state index in [4.69, 9.17) is 4.74 Å². The van der Waals surface area contributed by atoms with Crippen molar-refractivity contribution >= 4 is 11.4 Å². The van der Waals surface area contributed by atoms with Crippen molar-refractivity contribution in [1.29, 1.82) is 0 Å². The SMILES string of the molecule is COCCN(C)c1ccc2c(c1)NCCC2. The fraction of sp³-hybridized carbons (Fsp3) is 0.538. The molecule has 2 rings (SSSR count). The smallest absolute Gasteiger partial charge is 0.0637 e. The fourth-order valence-corrected chi connectivity index (χ4v) is 2.04. The number of ether oxygens (including phenoxy) is 1. The molecular weight excluding hydrogens is 200 g/mol. The number of nitrogens with one attached hydrogen (secondary N) is 1. The van der Waals surface area contributed by atoms with Crippen LogP contribution >= 0.6 is 0 Å². The Kier molecular flexibility index (Phi) is 3.67. The second-order valence-electron chi connectivity index (χ2n) is 4.29. The van der Waals surface area contributed by atoms with E-state index in [9.17, 15) is 0 Å². The number of methoxy groups -OCH3 is 1. The van der Waals surface area contributed by atoms with Gasteiger partial charge in [-0.2, -0.15) is 0 Å². The highest BCUT2D eigenvalue weighted by molar-refractivity contribution is 5.63. The summed E-state index contributed by atoms with van der Waals surface area (Å²) >= 11 is 0. The molecule has 3 heteroatoms. The second kappa shape index (κ2) is 5.21. The molecular formula is C13H20N2O. The molecule has 1 N–H and O–H groups in total. The Balaban J connectivity index is 2.10. The third-order valence-electron chi connectivity index (χ3n) is 3.10. The summed E-state index contributed by atoms with van der Waals surface area (Å²) in [6.07, 6.45) is 2.44. The lowest BCUT2D eigenvalue weighted by molar-refractivity contribution is 0.206. The summed E-state index contributed by atoms with van der Waals surface area (Å²) in [5.41, 5.74) is 3.99. The molecule has 0 atom stereocenters. The highest BCUT2D eigenvalue weighted by Crippen LogP contribution is 2.26. The Morgan fingerprint density at radius 2 is 2.31 bits per heavy atom. The van der Waals surface area contributed by atoms with Crippen LogP contribution in [0.15, 0.2) is 18.2 Å². The molecule has 0 spiro atoms. The quantitative estimate of drug-likeness (QED) is 0.841. The van der Waals surface area contributed by atoms with Crippen LogP contribution in [0.1, 0.15) is 12.0 Å². The van der Waals surface area contributed by atoms with Crippen molar-refractivity contribution in [1.82, 2.24) is 0 Å². The molecule has 0 amide bonds. The Morgan fingerprint density at radius 1 is 1.44 bits per heavy atom. The van der Waals surface area contributed by atoms with Gasteiger partial charge in [0.15, 0.2) is 0 Å². The Labute approximate surface area is 97.4 Å². The minimum Gasteiger partial charge on any atom is -0.385 e. The number of fused-ring (bicyclic) bond motifs is 1. The van der Waals surface area contributed by atoms with Gasteiger partial charge < -0.3 is 15.0 Å². The number of nitrogens with zero attached hydrogens (tertiary/aromatic N) is 1. The van der Waals surface area contributed by atoms with Crippen LogP contribution in [0.4, 0.5) is 11.4 Å². The lowest BCUT2D eigenvalue weighted by Crippen LogP contribution is -2.22. The highest BCUT2D eigenvalue weighted by Gasteiger charge is 2.10. The molecule has 0 aliphatic carbocycles. The van der Waals surface area contributed by atoms with Gasteiger partial charge >= 0.3 is 0 Å². The van der Waals surface area contributed by atoms with E-state index < -0.39 is 0 Å². The lowest BCUT2D eigenvalue weighted by atomic mass is 10.0. The number of rotatable bonds is 4. The van der Waals surface area contributed by atoms with Gasteiger partial charge in [0, 0.05) is 38.6 Å². The maximum Gasteiger partial charge on any atom is 0.0637 e. The van der Waals surface area contributed by atoms with Crippen LogP contribution < -0.4 is 10.2 Å². The first-order valence-corrected chi connectivity index (χ1v) is 5.88. The molecule has 1 aromatic rings. The van der Waals surface area contributed by atoms with E-state index in [2.05, 4.69) is 35.5 Å². The zero-order chi connectivity index (χ0) is 11.4.